The summed E-state index contributed by atoms with van der Waals surface area (Å²) >= 11 is 0. The predicted molar refractivity (Wildman–Crippen MR) is 126 cm³/mol. The van der Waals surface area contributed by atoms with Crippen LogP contribution >= 0.6 is 0 Å². The number of H-pyrrole nitrogens is 1. The van der Waals surface area contributed by atoms with Crippen molar-refractivity contribution < 1.29 is 8.83 Å². The van der Waals surface area contributed by atoms with Crippen molar-refractivity contribution in [1.29, 1.82) is 0 Å². The first-order chi connectivity index (χ1) is 16.6. The van der Waals surface area contributed by atoms with E-state index in [0.717, 1.165) is 34.4 Å². The number of hydrogen-bond donors (Lipinski definition) is 1. The van der Waals surface area contributed by atoms with Crippen LogP contribution in [0, 0.1) is 6.92 Å². The summed E-state index contributed by atoms with van der Waals surface area (Å²) in [7, 11) is 0. The van der Waals surface area contributed by atoms with Gasteiger partial charge in [-0.3, -0.25) is 9.69 Å². The van der Waals surface area contributed by atoms with E-state index in [4.69, 9.17) is 8.83 Å². The summed E-state index contributed by atoms with van der Waals surface area (Å²) in [6.45, 7) is 5.46. The number of nitrogens with one attached hydrogen (secondary N) is 1. The smallest absolute Gasteiger partial charge is 0.252 e. The molecule has 0 fully saturated rings. The molecule has 4 aromatic heterocycles. The van der Waals surface area contributed by atoms with Crippen molar-refractivity contribution in [3.63, 3.8) is 0 Å². The Labute approximate surface area is 196 Å². The number of hydrogen-bond acceptors (Lipinski definition) is 7. The molecule has 0 unspecified atom stereocenters. The maximum Gasteiger partial charge on any atom is 0.252 e. The molecule has 0 saturated heterocycles. The summed E-state index contributed by atoms with van der Waals surface area (Å²) in [5.41, 5.74) is 2.53. The van der Waals surface area contributed by atoms with Crippen molar-refractivity contribution >= 4 is 10.9 Å². The molecule has 5 rings (SSSR count). The second kappa shape index (κ2) is 9.48. The number of fused-ring (bicyclic) bond motifs is 1. The van der Waals surface area contributed by atoms with Gasteiger partial charge in [0.1, 0.15) is 18.1 Å². The Balaban J connectivity index is 1.51. The molecular weight excluding hydrogens is 432 g/mol. The Hall–Kier alpha value is -3.98. The van der Waals surface area contributed by atoms with E-state index in [2.05, 4.69) is 38.4 Å². The molecule has 1 aromatic carbocycles. The first-order valence-electron chi connectivity index (χ1n) is 11.3. The van der Waals surface area contributed by atoms with Crippen LogP contribution in [-0.2, 0) is 19.6 Å². The van der Waals surface area contributed by atoms with Gasteiger partial charge in [0.2, 0.25) is 0 Å². The molecule has 174 valence electrons. The molecule has 1 atom stereocenters. The van der Waals surface area contributed by atoms with Crippen molar-refractivity contribution in [3.8, 4) is 0 Å². The Bertz CT molecular complexity index is 1420. The topological polar surface area (TPSA) is 106 Å². The van der Waals surface area contributed by atoms with E-state index in [-0.39, 0.29) is 11.6 Å². The average Bonchev–Trinajstić information content (AvgIpc) is 3.60. The molecule has 0 saturated carbocycles. The molecule has 9 heteroatoms. The van der Waals surface area contributed by atoms with Crippen LogP contribution in [0.1, 0.15) is 47.9 Å². The molecular formula is C25H26N6O3. The predicted octanol–water partition coefficient (Wildman–Crippen LogP) is 4.21. The minimum Gasteiger partial charge on any atom is -0.468 e. The summed E-state index contributed by atoms with van der Waals surface area (Å²) in [4.78, 5) is 18.2. The molecule has 0 aliphatic carbocycles. The fourth-order valence-corrected chi connectivity index (χ4v) is 4.30. The Morgan fingerprint density at radius 3 is 2.59 bits per heavy atom. The fraction of sp³-hybridized carbons (Fsp3) is 0.280. The van der Waals surface area contributed by atoms with Gasteiger partial charge in [-0.25, -0.2) is 4.68 Å². The van der Waals surface area contributed by atoms with Gasteiger partial charge in [-0.1, -0.05) is 18.6 Å². The van der Waals surface area contributed by atoms with E-state index >= 15 is 0 Å². The SMILES string of the molecule is CC[C@@H](c1nnnn1Cc1ccco1)N(Cc1ccco1)Cc1cc2cc(C)ccc2[nH]c1=O. The zero-order chi connectivity index (χ0) is 23.5. The van der Waals surface area contributed by atoms with Gasteiger partial charge in [0.05, 0.1) is 25.1 Å². The molecule has 0 bridgehead atoms. The third-order valence-electron chi connectivity index (χ3n) is 5.96. The van der Waals surface area contributed by atoms with Crippen molar-refractivity contribution in [2.75, 3.05) is 0 Å². The van der Waals surface area contributed by atoms with Crippen LogP contribution in [0.2, 0.25) is 0 Å². The van der Waals surface area contributed by atoms with Gasteiger partial charge in [0.15, 0.2) is 5.82 Å². The van der Waals surface area contributed by atoms with Crippen molar-refractivity contribution in [2.45, 2.75) is 45.9 Å². The van der Waals surface area contributed by atoms with Gasteiger partial charge in [-0.15, -0.1) is 5.10 Å². The number of rotatable bonds is 9. The lowest BCUT2D eigenvalue weighted by molar-refractivity contribution is 0.149. The number of pyridine rings is 1. The normalized spacial score (nSPS) is 12.6. The molecule has 9 nitrogen and oxygen atoms in total. The fourth-order valence-electron chi connectivity index (χ4n) is 4.30. The minimum atomic E-state index is -0.150. The molecule has 0 radical (unpaired) electrons. The zero-order valence-electron chi connectivity index (χ0n) is 19.1. The van der Waals surface area contributed by atoms with E-state index < -0.39 is 0 Å². The molecule has 5 aromatic rings. The molecule has 0 aliphatic rings. The van der Waals surface area contributed by atoms with Crippen molar-refractivity contribution in [1.82, 2.24) is 30.1 Å². The molecule has 34 heavy (non-hydrogen) atoms. The van der Waals surface area contributed by atoms with Gasteiger partial charge in [0, 0.05) is 17.6 Å². The molecule has 0 spiro atoms. The first-order valence-corrected chi connectivity index (χ1v) is 11.3. The number of furan rings is 2. The van der Waals surface area contributed by atoms with Gasteiger partial charge >= 0.3 is 0 Å². The van der Waals surface area contributed by atoms with Crippen molar-refractivity contribution in [2.24, 2.45) is 0 Å². The monoisotopic (exact) mass is 458 g/mol. The van der Waals surface area contributed by atoms with Crippen molar-refractivity contribution in [3.05, 3.63) is 99.9 Å². The molecule has 1 N–H and O–H groups in total. The van der Waals surface area contributed by atoms with Crippen LogP contribution in [-0.4, -0.2) is 30.1 Å². The maximum absolute atomic E-state index is 13.0. The second-order valence-corrected chi connectivity index (χ2v) is 8.40. The quantitative estimate of drug-likeness (QED) is 0.353. The van der Waals surface area contributed by atoms with E-state index in [1.165, 1.54) is 0 Å². The van der Waals surface area contributed by atoms with E-state index in [1.807, 2.05) is 49.4 Å². The minimum absolute atomic E-state index is 0.106. The van der Waals surface area contributed by atoms with E-state index in [0.29, 0.717) is 31.0 Å². The lowest BCUT2D eigenvalue weighted by Crippen LogP contribution is -2.32. The second-order valence-electron chi connectivity index (χ2n) is 8.40. The van der Waals surface area contributed by atoms with Crippen LogP contribution < -0.4 is 5.56 Å². The highest BCUT2D eigenvalue weighted by atomic mass is 16.3. The van der Waals surface area contributed by atoms with Crippen LogP contribution in [0.15, 0.2) is 74.7 Å². The largest absolute Gasteiger partial charge is 0.468 e. The van der Waals surface area contributed by atoms with Crippen LogP contribution in [0.3, 0.4) is 0 Å². The van der Waals surface area contributed by atoms with Crippen LogP contribution in [0.4, 0.5) is 0 Å². The summed E-state index contributed by atoms with van der Waals surface area (Å²) in [5, 5.41) is 13.5. The van der Waals surface area contributed by atoms with Crippen LogP contribution in [0.25, 0.3) is 10.9 Å². The lowest BCUT2D eigenvalue weighted by atomic mass is 10.1. The number of aromatic nitrogens is 5. The maximum atomic E-state index is 13.0. The Morgan fingerprint density at radius 2 is 1.85 bits per heavy atom. The highest BCUT2D eigenvalue weighted by Crippen LogP contribution is 2.27. The Kier molecular flexibility index (Phi) is 6.09. The average molecular weight is 459 g/mol. The molecule has 4 heterocycles. The summed E-state index contributed by atoms with van der Waals surface area (Å²) in [6, 6.07) is 15.4. The molecule has 0 amide bonds. The van der Waals surface area contributed by atoms with Gasteiger partial charge < -0.3 is 13.8 Å². The third-order valence-corrected chi connectivity index (χ3v) is 5.96. The number of aromatic amines is 1. The number of aryl methyl sites for hydroxylation is 1. The zero-order valence-corrected chi connectivity index (χ0v) is 19.1. The highest BCUT2D eigenvalue weighted by Gasteiger charge is 2.27. The van der Waals surface area contributed by atoms with Gasteiger partial charge in [0.25, 0.3) is 5.56 Å². The van der Waals surface area contributed by atoms with Gasteiger partial charge in [-0.2, -0.15) is 0 Å². The van der Waals surface area contributed by atoms with E-state index in [9.17, 15) is 4.79 Å². The third kappa shape index (κ3) is 4.55. The van der Waals surface area contributed by atoms with E-state index in [1.54, 1.807) is 17.2 Å². The Morgan fingerprint density at radius 1 is 1.06 bits per heavy atom. The first kappa shape index (κ1) is 21.8. The lowest BCUT2D eigenvalue weighted by Gasteiger charge is -2.29. The standard InChI is InChI=1S/C25H26N6O3/c1-3-23(24-27-28-29-31(24)16-21-7-5-11-34-21)30(15-20-6-4-10-33-20)14-19-13-18-12-17(2)8-9-22(18)26-25(19)32/h4-13,23H,3,14-16H2,1-2H3,(H,26,32)/t23-/m0/s1. The molecule has 0 aliphatic heterocycles. The number of benzene rings is 1. The summed E-state index contributed by atoms with van der Waals surface area (Å²) in [6.07, 6.45) is 4.03. The van der Waals surface area contributed by atoms with Gasteiger partial charge in [-0.05, 0) is 71.6 Å². The number of tetrazole rings is 1. The highest BCUT2D eigenvalue weighted by molar-refractivity contribution is 5.79. The van der Waals surface area contributed by atoms with Crippen LogP contribution in [0.5, 0.6) is 0 Å². The summed E-state index contributed by atoms with van der Waals surface area (Å²) in [5.74, 6) is 2.28. The number of nitrogens with zero attached hydrogens (tertiary/aromatic N) is 5. The summed E-state index contributed by atoms with van der Waals surface area (Å²) < 4.78 is 12.9.